The molecule has 0 radical (unpaired) electrons. The van der Waals surface area contributed by atoms with Crippen molar-refractivity contribution in [2.75, 3.05) is 26.2 Å². The van der Waals surface area contributed by atoms with Crippen LogP contribution in [0.4, 0.5) is 0 Å². The molecule has 0 spiro atoms. The van der Waals surface area contributed by atoms with Gasteiger partial charge in [0.2, 0.25) is 11.8 Å². The van der Waals surface area contributed by atoms with Crippen molar-refractivity contribution >= 4 is 11.8 Å². The zero-order valence-corrected chi connectivity index (χ0v) is 10.9. The Kier molecular flexibility index (Phi) is 3.01. The second-order valence-electron chi connectivity index (χ2n) is 5.70. The highest BCUT2D eigenvalue weighted by Crippen LogP contribution is 2.25. The maximum Gasteiger partial charge on any atom is 0.227 e. The van der Waals surface area contributed by atoms with Crippen molar-refractivity contribution in [1.29, 1.82) is 0 Å². The summed E-state index contributed by atoms with van der Waals surface area (Å²) in [6.07, 6.45) is 2.53. The molecule has 0 aromatic rings. The summed E-state index contributed by atoms with van der Waals surface area (Å²) in [7, 11) is 0. The van der Waals surface area contributed by atoms with Gasteiger partial charge in [0.25, 0.3) is 0 Å². The third-order valence-corrected chi connectivity index (χ3v) is 4.65. The molecule has 2 amide bonds. The number of rotatable bonds is 1. The van der Waals surface area contributed by atoms with Crippen molar-refractivity contribution in [2.24, 2.45) is 5.92 Å². The lowest BCUT2D eigenvalue weighted by molar-refractivity contribution is -0.142. The summed E-state index contributed by atoms with van der Waals surface area (Å²) in [6, 6.07) is 0.570. The molecule has 0 aromatic carbocycles. The van der Waals surface area contributed by atoms with E-state index in [1.807, 2.05) is 9.80 Å². The molecule has 0 bridgehead atoms. The standard InChI is InChI=1S/C13H21N3O2/c1-9-11(4-5-14-9)13(18)15-6-7-16-10(8-15)2-3-12(16)17/h9-11,14H,2-8H2,1H3. The average molecular weight is 251 g/mol. The van der Waals surface area contributed by atoms with Crippen molar-refractivity contribution in [3.05, 3.63) is 0 Å². The summed E-state index contributed by atoms with van der Waals surface area (Å²) in [4.78, 5) is 28.0. The Hall–Kier alpha value is -1.10. The van der Waals surface area contributed by atoms with Gasteiger partial charge in [-0.25, -0.2) is 0 Å². The summed E-state index contributed by atoms with van der Waals surface area (Å²) in [5.41, 5.74) is 0. The molecule has 18 heavy (non-hydrogen) atoms. The molecule has 100 valence electrons. The molecular formula is C13H21N3O2. The summed E-state index contributed by atoms with van der Waals surface area (Å²) < 4.78 is 0. The van der Waals surface area contributed by atoms with Crippen molar-refractivity contribution in [3.8, 4) is 0 Å². The molecule has 0 saturated carbocycles. The normalized spacial score (nSPS) is 36.1. The van der Waals surface area contributed by atoms with E-state index >= 15 is 0 Å². The van der Waals surface area contributed by atoms with E-state index in [9.17, 15) is 9.59 Å². The minimum absolute atomic E-state index is 0.133. The van der Waals surface area contributed by atoms with Gasteiger partial charge in [-0.2, -0.15) is 0 Å². The van der Waals surface area contributed by atoms with Crippen LogP contribution >= 0.6 is 0 Å². The third kappa shape index (κ3) is 1.90. The van der Waals surface area contributed by atoms with Crippen molar-refractivity contribution < 1.29 is 9.59 Å². The number of fused-ring (bicyclic) bond motifs is 1. The topological polar surface area (TPSA) is 52.7 Å². The fourth-order valence-corrected chi connectivity index (χ4v) is 3.50. The number of amides is 2. The largest absolute Gasteiger partial charge is 0.339 e. The molecular weight excluding hydrogens is 230 g/mol. The first-order chi connectivity index (χ1) is 8.66. The van der Waals surface area contributed by atoms with Crippen LogP contribution in [0.15, 0.2) is 0 Å². The predicted molar refractivity (Wildman–Crippen MR) is 66.9 cm³/mol. The Labute approximate surface area is 107 Å². The monoisotopic (exact) mass is 251 g/mol. The van der Waals surface area contributed by atoms with E-state index in [4.69, 9.17) is 0 Å². The number of hydrogen-bond donors (Lipinski definition) is 1. The van der Waals surface area contributed by atoms with Gasteiger partial charge in [-0.3, -0.25) is 9.59 Å². The minimum Gasteiger partial charge on any atom is -0.339 e. The van der Waals surface area contributed by atoms with Gasteiger partial charge >= 0.3 is 0 Å². The second-order valence-corrected chi connectivity index (χ2v) is 5.70. The Bertz CT molecular complexity index is 371. The van der Waals surface area contributed by atoms with Crippen molar-refractivity contribution in [2.45, 2.75) is 38.3 Å². The molecule has 3 fully saturated rings. The Morgan fingerprint density at radius 1 is 1.33 bits per heavy atom. The van der Waals surface area contributed by atoms with Gasteiger partial charge in [-0.1, -0.05) is 0 Å². The minimum atomic E-state index is 0.133. The fraction of sp³-hybridized carbons (Fsp3) is 0.846. The molecule has 3 rings (SSSR count). The molecule has 3 aliphatic rings. The summed E-state index contributed by atoms with van der Waals surface area (Å²) >= 11 is 0. The van der Waals surface area contributed by atoms with Gasteiger partial charge in [0.1, 0.15) is 0 Å². The van der Waals surface area contributed by atoms with Gasteiger partial charge in [0.15, 0.2) is 0 Å². The quantitative estimate of drug-likeness (QED) is 0.703. The number of hydrogen-bond acceptors (Lipinski definition) is 3. The molecule has 3 heterocycles. The smallest absolute Gasteiger partial charge is 0.227 e. The van der Waals surface area contributed by atoms with E-state index < -0.39 is 0 Å². The van der Waals surface area contributed by atoms with Crippen LogP contribution in [0.2, 0.25) is 0 Å². The highest BCUT2D eigenvalue weighted by Gasteiger charge is 2.40. The van der Waals surface area contributed by atoms with E-state index in [0.717, 1.165) is 32.5 Å². The molecule has 3 aliphatic heterocycles. The van der Waals surface area contributed by atoms with Gasteiger partial charge in [0, 0.05) is 38.1 Å². The molecule has 5 nitrogen and oxygen atoms in total. The number of carbonyl (C=O) groups excluding carboxylic acids is 2. The van der Waals surface area contributed by atoms with Crippen molar-refractivity contribution in [1.82, 2.24) is 15.1 Å². The number of piperazine rings is 1. The Balaban J connectivity index is 1.64. The maximum atomic E-state index is 12.5. The van der Waals surface area contributed by atoms with Gasteiger partial charge < -0.3 is 15.1 Å². The zero-order valence-electron chi connectivity index (χ0n) is 10.9. The first-order valence-corrected chi connectivity index (χ1v) is 6.98. The third-order valence-electron chi connectivity index (χ3n) is 4.65. The number of nitrogens with one attached hydrogen (secondary N) is 1. The van der Waals surface area contributed by atoms with Crippen LogP contribution in [0.5, 0.6) is 0 Å². The molecule has 3 saturated heterocycles. The number of carbonyl (C=O) groups is 2. The summed E-state index contributed by atoms with van der Waals surface area (Å²) in [6.45, 7) is 5.21. The Morgan fingerprint density at radius 3 is 2.89 bits per heavy atom. The van der Waals surface area contributed by atoms with Crippen molar-refractivity contribution in [3.63, 3.8) is 0 Å². The number of nitrogens with zero attached hydrogens (tertiary/aromatic N) is 2. The van der Waals surface area contributed by atoms with E-state index in [-0.39, 0.29) is 23.8 Å². The van der Waals surface area contributed by atoms with Crippen LogP contribution in [-0.2, 0) is 9.59 Å². The summed E-state index contributed by atoms with van der Waals surface area (Å²) in [5, 5.41) is 3.33. The first-order valence-electron chi connectivity index (χ1n) is 6.98. The highest BCUT2D eigenvalue weighted by atomic mass is 16.2. The van der Waals surface area contributed by atoms with Crippen LogP contribution < -0.4 is 5.32 Å². The molecule has 0 aromatic heterocycles. The summed E-state index contributed by atoms with van der Waals surface area (Å²) in [5.74, 6) is 0.683. The lowest BCUT2D eigenvalue weighted by Crippen LogP contribution is -2.55. The maximum absolute atomic E-state index is 12.5. The Morgan fingerprint density at radius 2 is 2.17 bits per heavy atom. The van der Waals surface area contributed by atoms with Gasteiger partial charge in [0.05, 0.1) is 5.92 Å². The van der Waals surface area contributed by atoms with E-state index in [0.29, 0.717) is 19.0 Å². The molecule has 3 atom stereocenters. The SMILES string of the molecule is CC1NCCC1C(=O)N1CCN2C(=O)CCC2C1. The predicted octanol–water partition coefficient (Wildman–Crippen LogP) is -0.182. The molecule has 5 heteroatoms. The molecule has 0 aliphatic carbocycles. The van der Waals surface area contributed by atoms with Crippen LogP contribution in [-0.4, -0.2) is 59.9 Å². The molecule has 3 unspecified atom stereocenters. The van der Waals surface area contributed by atoms with E-state index in [1.54, 1.807) is 0 Å². The zero-order chi connectivity index (χ0) is 12.7. The van der Waals surface area contributed by atoms with E-state index in [2.05, 4.69) is 12.2 Å². The second kappa shape index (κ2) is 4.53. The van der Waals surface area contributed by atoms with Gasteiger partial charge in [-0.15, -0.1) is 0 Å². The van der Waals surface area contributed by atoms with Crippen LogP contribution in [0, 0.1) is 5.92 Å². The lowest BCUT2D eigenvalue weighted by Gasteiger charge is -2.39. The van der Waals surface area contributed by atoms with Crippen LogP contribution in [0.3, 0.4) is 0 Å². The van der Waals surface area contributed by atoms with Crippen LogP contribution in [0.1, 0.15) is 26.2 Å². The fourth-order valence-electron chi connectivity index (χ4n) is 3.50. The van der Waals surface area contributed by atoms with E-state index in [1.165, 1.54) is 0 Å². The lowest BCUT2D eigenvalue weighted by atomic mass is 9.99. The van der Waals surface area contributed by atoms with Gasteiger partial charge in [-0.05, 0) is 26.3 Å². The van der Waals surface area contributed by atoms with Crippen LogP contribution in [0.25, 0.3) is 0 Å². The first kappa shape index (κ1) is 12.0. The molecule has 1 N–H and O–H groups in total. The highest BCUT2D eigenvalue weighted by molar-refractivity contribution is 5.82. The average Bonchev–Trinajstić information content (AvgIpc) is 2.95.